The summed E-state index contributed by atoms with van der Waals surface area (Å²) < 4.78 is 5.12. The van der Waals surface area contributed by atoms with Crippen LogP contribution in [0.5, 0.6) is 6.01 Å². The van der Waals surface area contributed by atoms with E-state index in [1.807, 2.05) is 19.9 Å². The number of urea groups is 1. The third-order valence-electron chi connectivity index (χ3n) is 4.92. The number of hydrogen-bond acceptors (Lipinski definition) is 8. The van der Waals surface area contributed by atoms with Gasteiger partial charge in [-0.05, 0) is 32.0 Å². The number of nitrogens with zero attached hydrogens (tertiary/aromatic N) is 4. The third kappa shape index (κ3) is 5.37. The molecule has 1 aliphatic rings. The zero-order valence-electron chi connectivity index (χ0n) is 18.6. The third-order valence-corrected chi connectivity index (χ3v) is 5.91. The summed E-state index contributed by atoms with van der Waals surface area (Å²) in [6, 6.07) is 8.58. The van der Waals surface area contributed by atoms with Crippen molar-refractivity contribution < 1.29 is 14.3 Å². The highest BCUT2D eigenvalue weighted by Gasteiger charge is 2.23. The van der Waals surface area contributed by atoms with Crippen LogP contribution < -0.4 is 25.6 Å². The largest absolute Gasteiger partial charge is 0.467 e. The van der Waals surface area contributed by atoms with Crippen LogP contribution in [0.3, 0.4) is 0 Å². The first-order valence-corrected chi connectivity index (χ1v) is 11.3. The lowest BCUT2D eigenvalue weighted by Gasteiger charge is -2.26. The number of hydrogen-bond donors (Lipinski definition) is 3. The van der Waals surface area contributed by atoms with E-state index in [0.717, 1.165) is 29.4 Å². The average molecular weight is 468 g/mol. The van der Waals surface area contributed by atoms with Crippen molar-refractivity contribution in [3.8, 4) is 6.01 Å². The quantitative estimate of drug-likeness (QED) is 0.509. The van der Waals surface area contributed by atoms with Crippen LogP contribution in [0.4, 0.5) is 21.4 Å². The number of anilines is 3. The number of thiazole rings is 1. The molecule has 0 unspecified atom stereocenters. The van der Waals surface area contributed by atoms with Gasteiger partial charge >= 0.3 is 12.0 Å². The van der Waals surface area contributed by atoms with E-state index in [0.29, 0.717) is 28.9 Å². The van der Waals surface area contributed by atoms with E-state index in [1.54, 1.807) is 30.5 Å². The van der Waals surface area contributed by atoms with Crippen LogP contribution in [0.1, 0.15) is 34.8 Å². The van der Waals surface area contributed by atoms with Gasteiger partial charge in [0.1, 0.15) is 5.82 Å². The van der Waals surface area contributed by atoms with Crippen molar-refractivity contribution in [3.05, 3.63) is 52.7 Å². The molecule has 3 heterocycles. The average Bonchev–Trinajstić information content (AvgIpc) is 3.20. The van der Waals surface area contributed by atoms with Crippen LogP contribution in [0.25, 0.3) is 0 Å². The van der Waals surface area contributed by atoms with Gasteiger partial charge in [-0.15, -0.1) is 0 Å². The van der Waals surface area contributed by atoms with Gasteiger partial charge in [-0.25, -0.2) is 14.8 Å². The number of carbonyl (C=O) groups is 2. The first kappa shape index (κ1) is 22.5. The molecule has 11 heteroatoms. The van der Waals surface area contributed by atoms with Crippen LogP contribution in [-0.4, -0.2) is 46.6 Å². The maximum absolute atomic E-state index is 12.6. The van der Waals surface area contributed by atoms with Crippen molar-refractivity contribution in [1.29, 1.82) is 0 Å². The zero-order chi connectivity index (χ0) is 23.4. The molecule has 3 N–H and O–H groups in total. The van der Waals surface area contributed by atoms with Gasteiger partial charge in [0.05, 0.1) is 30.6 Å². The van der Waals surface area contributed by atoms with Crippen molar-refractivity contribution in [2.75, 3.05) is 29.2 Å². The summed E-state index contributed by atoms with van der Waals surface area (Å²) in [6.45, 7) is 5.15. The molecule has 10 nitrogen and oxygen atoms in total. The molecule has 2 aromatic heterocycles. The minimum atomic E-state index is -0.455. The van der Waals surface area contributed by atoms with Gasteiger partial charge in [0, 0.05) is 30.1 Å². The number of rotatable bonds is 6. The summed E-state index contributed by atoms with van der Waals surface area (Å²) >= 11 is 1.42. The molecule has 3 aromatic rings. The van der Waals surface area contributed by atoms with E-state index in [2.05, 4.69) is 35.8 Å². The van der Waals surface area contributed by atoms with Gasteiger partial charge in [-0.3, -0.25) is 10.1 Å². The maximum Gasteiger partial charge on any atom is 0.325 e. The van der Waals surface area contributed by atoms with Gasteiger partial charge in [0.15, 0.2) is 5.13 Å². The van der Waals surface area contributed by atoms with Crippen LogP contribution in [0.15, 0.2) is 36.5 Å². The van der Waals surface area contributed by atoms with Crippen LogP contribution in [-0.2, 0) is 13.0 Å². The Morgan fingerprint density at radius 2 is 1.97 bits per heavy atom. The lowest BCUT2D eigenvalue weighted by atomic mass is 10.1. The summed E-state index contributed by atoms with van der Waals surface area (Å²) in [6.07, 6.45) is 2.40. The van der Waals surface area contributed by atoms with E-state index in [9.17, 15) is 9.59 Å². The van der Waals surface area contributed by atoms with E-state index in [4.69, 9.17) is 4.74 Å². The topological polar surface area (TPSA) is 121 Å². The molecule has 3 amide bonds. The molecule has 0 atom stereocenters. The first-order chi connectivity index (χ1) is 15.9. The van der Waals surface area contributed by atoms with Crippen molar-refractivity contribution in [3.63, 3.8) is 0 Å². The Kier molecular flexibility index (Phi) is 6.68. The summed E-state index contributed by atoms with van der Waals surface area (Å²) in [4.78, 5) is 41.2. The molecule has 1 aliphatic heterocycles. The fourth-order valence-corrected chi connectivity index (χ4v) is 4.45. The summed E-state index contributed by atoms with van der Waals surface area (Å²) in [5, 5.41) is 8.89. The number of benzene rings is 1. The fraction of sp³-hybridized carbons (Fsp3) is 0.318. The molecule has 0 saturated heterocycles. The number of ether oxygens (including phenoxy) is 1. The SMILES string of the molecule is COc1nccc(N2CCc3nc(NC(=O)Nc4ccccc4C(=O)NC(C)C)sc3C2)n1. The molecule has 172 valence electrons. The van der Waals surface area contributed by atoms with E-state index < -0.39 is 6.03 Å². The van der Waals surface area contributed by atoms with E-state index in [-0.39, 0.29) is 11.9 Å². The van der Waals surface area contributed by atoms with Gasteiger partial charge in [-0.2, -0.15) is 4.98 Å². The molecule has 0 saturated carbocycles. The second-order valence-corrected chi connectivity index (χ2v) is 8.80. The number of aromatic nitrogens is 3. The molecule has 0 aliphatic carbocycles. The predicted molar refractivity (Wildman–Crippen MR) is 127 cm³/mol. The normalized spacial score (nSPS) is 12.8. The number of carbonyl (C=O) groups excluding carboxylic acids is 2. The van der Waals surface area contributed by atoms with Gasteiger partial charge < -0.3 is 20.3 Å². The summed E-state index contributed by atoms with van der Waals surface area (Å²) in [7, 11) is 1.54. The summed E-state index contributed by atoms with van der Waals surface area (Å²) in [5.41, 5.74) is 1.79. The number of fused-ring (bicyclic) bond motifs is 1. The Labute approximate surface area is 195 Å². The van der Waals surface area contributed by atoms with Gasteiger partial charge in [0.25, 0.3) is 5.91 Å². The smallest absolute Gasteiger partial charge is 0.325 e. The highest BCUT2D eigenvalue weighted by molar-refractivity contribution is 7.15. The lowest BCUT2D eigenvalue weighted by molar-refractivity contribution is 0.0944. The Morgan fingerprint density at radius 1 is 1.15 bits per heavy atom. The predicted octanol–water partition coefficient (Wildman–Crippen LogP) is 3.29. The Bertz CT molecular complexity index is 1160. The molecular weight excluding hydrogens is 442 g/mol. The molecule has 0 radical (unpaired) electrons. The zero-order valence-corrected chi connectivity index (χ0v) is 19.4. The molecular formula is C22H25N7O3S. The Balaban J connectivity index is 1.42. The van der Waals surface area contributed by atoms with Crippen molar-refractivity contribution >= 4 is 39.9 Å². The van der Waals surface area contributed by atoms with E-state index >= 15 is 0 Å². The first-order valence-electron chi connectivity index (χ1n) is 10.5. The highest BCUT2D eigenvalue weighted by Crippen LogP contribution is 2.30. The van der Waals surface area contributed by atoms with Gasteiger partial charge in [-0.1, -0.05) is 23.5 Å². The fourth-order valence-electron chi connectivity index (χ4n) is 3.43. The molecule has 0 bridgehead atoms. The standard InChI is InChI=1S/C22H25N7O3S/c1-13(2)24-19(30)14-6-4-5-7-15(14)25-20(31)28-22-26-16-9-11-29(12-17(16)33-22)18-8-10-23-21(27-18)32-3/h4-8,10,13H,9,11-12H2,1-3H3,(H,24,30)(H2,25,26,28,31). The maximum atomic E-state index is 12.6. The van der Waals surface area contributed by atoms with E-state index in [1.165, 1.54) is 18.4 Å². The summed E-state index contributed by atoms with van der Waals surface area (Å²) in [5.74, 6) is 0.538. The van der Waals surface area contributed by atoms with Crippen molar-refractivity contribution in [2.45, 2.75) is 32.9 Å². The molecule has 33 heavy (non-hydrogen) atoms. The monoisotopic (exact) mass is 467 g/mol. The number of amides is 3. The van der Waals surface area contributed by atoms with Gasteiger partial charge in [0.2, 0.25) is 0 Å². The second kappa shape index (κ2) is 9.82. The number of nitrogens with one attached hydrogen (secondary N) is 3. The minimum Gasteiger partial charge on any atom is -0.467 e. The lowest BCUT2D eigenvalue weighted by Crippen LogP contribution is -2.31. The van der Waals surface area contributed by atoms with Crippen LogP contribution >= 0.6 is 11.3 Å². The minimum absolute atomic E-state index is 0.0102. The van der Waals surface area contributed by atoms with Crippen molar-refractivity contribution in [1.82, 2.24) is 20.3 Å². The number of methoxy groups -OCH3 is 1. The highest BCUT2D eigenvalue weighted by atomic mass is 32.1. The molecule has 0 fully saturated rings. The molecule has 0 spiro atoms. The Morgan fingerprint density at radius 3 is 2.76 bits per heavy atom. The van der Waals surface area contributed by atoms with Crippen LogP contribution in [0, 0.1) is 0 Å². The Hall–Kier alpha value is -3.73. The molecule has 4 rings (SSSR count). The van der Waals surface area contributed by atoms with Crippen molar-refractivity contribution in [2.24, 2.45) is 0 Å². The second-order valence-electron chi connectivity index (χ2n) is 7.71. The van der Waals surface area contributed by atoms with Crippen LogP contribution in [0.2, 0.25) is 0 Å². The number of para-hydroxylation sites is 1. The molecule has 1 aromatic carbocycles.